The molecule has 0 atom stereocenters. The van der Waals surface area contributed by atoms with Gasteiger partial charge in [-0.2, -0.15) is 0 Å². The van der Waals surface area contributed by atoms with E-state index in [1.165, 1.54) is 0 Å². The van der Waals surface area contributed by atoms with Crippen molar-refractivity contribution in [3.8, 4) is 17.2 Å². The van der Waals surface area contributed by atoms with E-state index >= 15 is 0 Å². The van der Waals surface area contributed by atoms with Gasteiger partial charge in [-0.25, -0.2) is 0 Å². The molecule has 0 aromatic heterocycles. The molecule has 0 bridgehead atoms. The molecule has 21 heavy (non-hydrogen) atoms. The normalized spacial score (nSPS) is 10.3. The van der Waals surface area contributed by atoms with E-state index < -0.39 is 0 Å². The van der Waals surface area contributed by atoms with Crippen LogP contribution >= 0.6 is 0 Å². The number of hydrogen-bond acceptors (Lipinski definition) is 4. The average molecular weight is 288 g/mol. The van der Waals surface area contributed by atoms with E-state index in [-0.39, 0.29) is 6.61 Å². The van der Waals surface area contributed by atoms with Crippen LogP contribution in [0.25, 0.3) is 0 Å². The molecule has 0 spiro atoms. The van der Waals surface area contributed by atoms with Crippen molar-refractivity contribution >= 4 is 0 Å². The van der Waals surface area contributed by atoms with Gasteiger partial charge in [0.25, 0.3) is 0 Å². The third-order valence-electron chi connectivity index (χ3n) is 3.29. The first-order valence-corrected chi connectivity index (χ1v) is 6.72. The Bertz CT molecular complexity index is 608. The summed E-state index contributed by atoms with van der Waals surface area (Å²) in [7, 11) is 3.21. The molecule has 112 valence electrons. The molecular weight excluding hydrogens is 268 g/mol. The number of aliphatic hydroxyl groups excluding tert-OH is 1. The molecular formula is C17H20O4. The third-order valence-corrected chi connectivity index (χ3v) is 3.29. The van der Waals surface area contributed by atoms with Gasteiger partial charge in [0.05, 0.1) is 20.8 Å². The summed E-state index contributed by atoms with van der Waals surface area (Å²) in [6, 6.07) is 11.4. The highest BCUT2D eigenvalue weighted by Gasteiger charge is 2.08. The SMILES string of the molecule is COc1ccc(COc2c(C)cccc2CO)cc1OC. The minimum Gasteiger partial charge on any atom is -0.493 e. The van der Waals surface area contributed by atoms with Gasteiger partial charge in [0, 0.05) is 5.56 Å². The molecule has 0 radical (unpaired) electrons. The summed E-state index contributed by atoms with van der Waals surface area (Å²) in [5.74, 6) is 2.09. The van der Waals surface area contributed by atoms with Gasteiger partial charge in [0.2, 0.25) is 0 Å². The lowest BCUT2D eigenvalue weighted by molar-refractivity contribution is 0.257. The first-order valence-electron chi connectivity index (χ1n) is 6.72. The molecule has 1 N–H and O–H groups in total. The number of ether oxygens (including phenoxy) is 3. The molecule has 2 rings (SSSR count). The fourth-order valence-electron chi connectivity index (χ4n) is 2.17. The highest BCUT2D eigenvalue weighted by molar-refractivity contribution is 5.44. The summed E-state index contributed by atoms with van der Waals surface area (Å²) in [5.41, 5.74) is 2.76. The lowest BCUT2D eigenvalue weighted by Gasteiger charge is -2.14. The Morgan fingerprint density at radius 3 is 2.43 bits per heavy atom. The quantitative estimate of drug-likeness (QED) is 0.887. The van der Waals surface area contributed by atoms with Crippen molar-refractivity contribution in [2.75, 3.05) is 14.2 Å². The Kier molecular flexibility index (Phi) is 5.06. The minimum atomic E-state index is -0.0387. The first-order chi connectivity index (χ1) is 10.2. The molecule has 4 nitrogen and oxygen atoms in total. The average Bonchev–Trinajstić information content (AvgIpc) is 2.53. The van der Waals surface area contributed by atoms with Crippen molar-refractivity contribution < 1.29 is 19.3 Å². The maximum Gasteiger partial charge on any atom is 0.161 e. The van der Waals surface area contributed by atoms with Crippen LogP contribution in [0.4, 0.5) is 0 Å². The molecule has 4 heteroatoms. The van der Waals surface area contributed by atoms with Gasteiger partial charge in [-0.05, 0) is 30.2 Å². The summed E-state index contributed by atoms with van der Waals surface area (Å²) in [4.78, 5) is 0. The van der Waals surface area contributed by atoms with Gasteiger partial charge in [-0.3, -0.25) is 0 Å². The second-order valence-electron chi connectivity index (χ2n) is 4.70. The summed E-state index contributed by atoms with van der Waals surface area (Å²) in [5, 5.41) is 9.37. The predicted octanol–water partition coefficient (Wildman–Crippen LogP) is 3.08. The second kappa shape index (κ2) is 6.99. The van der Waals surface area contributed by atoms with Crippen LogP contribution < -0.4 is 14.2 Å². The van der Waals surface area contributed by atoms with Gasteiger partial charge >= 0.3 is 0 Å². The number of methoxy groups -OCH3 is 2. The van der Waals surface area contributed by atoms with Gasteiger partial charge in [-0.1, -0.05) is 24.3 Å². The second-order valence-corrected chi connectivity index (χ2v) is 4.70. The Hall–Kier alpha value is -2.20. The van der Waals surface area contributed by atoms with E-state index in [9.17, 15) is 5.11 Å². The lowest BCUT2D eigenvalue weighted by atomic mass is 10.1. The van der Waals surface area contributed by atoms with Crippen LogP contribution in [-0.4, -0.2) is 19.3 Å². The van der Waals surface area contributed by atoms with Crippen LogP contribution in [0.15, 0.2) is 36.4 Å². The van der Waals surface area contributed by atoms with Crippen molar-refractivity contribution in [3.05, 3.63) is 53.1 Å². The number of rotatable bonds is 6. The predicted molar refractivity (Wildman–Crippen MR) is 81.0 cm³/mol. The van der Waals surface area contributed by atoms with E-state index in [0.29, 0.717) is 18.1 Å². The van der Waals surface area contributed by atoms with Crippen LogP contribution in [0.3, 0.4) is 0 Å². The van der Waals surface area contributed by atoms with Crippen LogP contribution in [0.1, 0.15) is 16.7 Å². The highest BCUT2D eigenvalue weighted by atomic mass is 16.5. The van der Waals surface area contributed by atoms with Crippen LogP contribution in [0.2, 0.25) is 0 Å². The van der Waals surface area contributed by atoms with E-state index in [1.807, 2.05) is 43.3 Å². The molecule has 0 saturated heterocycles. The molecule has 0 saturated carbocycles. The molecule has 0 aliphatic rings. The molecule has 0 aliphatic heterocycles. The van der Waals surface area contributed by atoms with Gasteiger partial charge in [0.15, 0.2) is 11.5 Å². The standard InChI is InChI=1S/C17H20O4/c1-12-5-4-6-14(10-18)17(12)21-11-13-7-8-15(19-2)16(9-13)20-3/h4-9,18H,10-11H2,1-3H3. The number of para-hydroxylation sites is 1. The maximum absolute atomic E-state index is 9.37. The molecule has 0 heterocycles. The largest absolute Gasteiger partial charge is 0.493 e. The van der Waals surface area contributed by atoms with Crippen molar-refractivity contribution in [1.82, 2.24) is 0 Å². The summed E-state index contributed by atoms with van der Waals surface area (Å²) >= 11 is 0. The maximum atomic E-state index is 9.37. The smallest absolute Gasteiger partial charge is 0.161 e. The first kappa shape index (κ1) is 15.2. The monoisotopic (exact) mass is 288 g/mol. The Labute approximate surface area is 124 Å². The van der Waals surface area contributed by atoms with Gasteiger partial charge in [-0.15, -0.1) is 0 Å². The van der Waals surface area contributed by atoms with Crippen molar-refractivity contribution in [3.63, 3.8) is 0 Å². The number of aliphatic hydroxyl groups is 1. The van der Waals surface area contributed by atoms with Gasteiger partial charge in [0.1, 0.15) is 12.4 Å². The third kappa shape index (κ3) is 3.47. The Morgan fingerprint density at radius 1 is 1.00 bits per heavy atom. The number of aryl methyl sites for hydroxylation is 1. The number of benzene rings is 2. The van der Waals surface area contributed by atoms with Crippen molar-refractivity contribution in [2.45, 2.75) is 20.1 Å². The zero-order valence-corrected chi connectivity index (χ0v) is 12.6. The van der Waals surface area contributed by atoms with E-state index in [1.54, 1.807) is 14.2 Å². The van der Waals surface area contributed by atoms with Gasteiger partial charge < -0.3 is 19.3 Å². The number of hydrogen-bond donors (Lipinski definition) is 1. The van der Waals surface area contributed by atoms with E-state index in [4.69, 9.17) is 14.2 Å². The Balaban J connectivity index is 2.17. The van der Waals surface area contributed by atoms with Crippen LogP contribution in [-0.2, 0) is 13.2 Å². The molecule has 0 amide bonds. The minimum absolute atomic E-state index is 0.0387. The highest BCUT2D eigenvalue weighted by Crippen LogP contribution is 2.29. The zero-order valence-electron chi connectivity index (χ0n) is 12.6. The summed E-state index contributed by atoms with van der Waals surface area (Å²) in [6.07, 6.45) is 0. The fourth-order valence-corrected chi connectivity index (χ4v) is 2.17. The topological polar surface area (TPSA) is 47.9 Å². The molecule has 2 aromatic rings. The van der Waals surface area contributed by atoms with Crippen LogP contribution in [0, 0.1) is 6.92 Å². The van der Waals surface area contributed by atoms with E-state index in [2.05, 4.69) is 0 Å². The fraction of sp³-hybridized carbons (Fsp3) is 0.294. The van der Waals surface area contributed by atoms with Crippen LogP contribution in [0.5, 0.6) is 17.2 Å². The molecule has 0 aliphatic carbocycles. The molecule has 0 unspecified atom stereocenters. The van der Waals surface area contributed by atoms with Crippen molar-refractivity contribution in [1.29, 1.82) is 0 Å². The molecule has 0 fully saturated rings. The summed E-state index contributed by atoms with van der Waals surface area (Å²) in [6.45, 7) is 2.32. The summed E-state index contributed by atoms with van der Waals surface area (Å²) < 4.78 is 16.3. The molecule has 2 aromatic carbocycles. The zero-order chi connectivity index (χ0) is 15.2. The lowest BCUT2D eigenvalue weighted by Crippen LogP contribution is -2.01. The Morgan fingerprint density at radius 2 is 1.76 bits per heavy atom. The van der Waals surface area contributed by atoms with E-state index in [0.717, 1.165) is 22.4 Å². The van der Waals surface area contributed by atoms with Crippen molar-refractivity contribution in [2.24, 2.45) is 0 Å².